The topological polar surface area (TPSA) is 98.5 Å². The maximum absolute atomic E-state index is 13.0. The van der Waals surface area contributed by atoms with Gasteiger partial charge in [-0.2, -0.15) is 0 Å². The van der Waals surface area contributed by atoms with Gasteiger partial charge >= 0.3 is 5.97 Å². The number of carbonyl (C=O) groups excluding carboxylic acids is 1. The van der Waals surface area contributed by atoms with Crippen molar-refractivity contribution in [2.45, 2.75) is 82.7 Å². The van der Waals surface area contributed by atoms with E-state index in [1.54, 1.807) is 13.0 Å². The van der Waals surface area contributed by atoms with Gasteiger partial charge < -0.3 is 23.7 Å². The molecular formula is C23H26O7. The first-order chi connectivity index (χ1) is 14.1. The zero-order valence-corrected chi connectivity index (χ0v) is 17.6. The van der Waals surface area contributed by atoms with E-state index in [-0.39, 0.29) is 40.1 Å². The number of ether oxygens (including phenoxy) is 3. The monoisotopic (exact) mass is 414 g/mol. The van der Waals surface area contributed by atoms with Crippen molar-refractivity contribution in [1.29, 1.82) is 0 Å². The third-order valence-corrected chi connectivity index (χ3v) is 6.79. The number of aryl methyl sites for hydroxylation is 1. The standard InChI is InChI=1S/C23H26O7/c1-11-9-14(24)18-15(27-11)10-16-17(19(18)25)13-7-5-6-8-23(12(2)29-23)21(26)28-20(13)22(3,4)30-16/h9-10,12-13,20,25H,5-8H2,1-4H3. The molecule has 7 heteroatoms. The van der Waals surface area contributed by atoms with Crippen LogP contribution in [0.3, 0.4) is 0 Å². The number of fused-ring (bicyclic) bond motifs is 4. The SMILES string of the molecule is Cc1cc(=O)c2c(O)c3c(cc2o1)OC(C)(C)C1OC(=O)C2(CCCCC31)OC2C. The van der Waals surface area contributed by atoms with Gasteiger partial charge in [0.25, 0.3) is 0 Å². The molecule has 0 aliphatic carbocycles. The van der Waals surface area contributed by atoms with Gasteiger partial charge in [-0.3, -0.25) is 4.79 Å². The highest BCUT2D eigenvalue weighted by molar-refractivity contribution is 5.88. The average Bonchev–Trinajstić information content (AvgIpc) is 3.28. The van der Waals surface area contributed by atoms with E-state index in [0.29, 0.717) is 29.9 Å². The summed E-state index contributed by atoms with van der Waals surface area (Å²) in [5.41, 5.74) is -1.22. The van der Waals surface area contributed by atoms with E-state index in [4.69, 9.17) is 18.6 Å². The Kier molecular flexibility index (Phi) is 4.04. The second-order valence-electron chi connectivity index (χ2n) is 9.26. The van der Waals surface area contributed by atoms with Crippen molar-refractivity contribution in [2.24, 2.45) is 0 Å². The van der Waals surface area contributed by atoms with Crippen molar-refractivity contribution in [2.75, 3.05) is 0 Å². The number of esters is 1. The zero-order chi connectivity index (χ0) is 21.4. The first kappa shape index (κ1) is 19.4. The third-order valence-electron chi connectivity index (χ3n) is 6.79. The number of benzene rings is 1. The van der Waals surface area contributed by atoms with Gasteiger partial charge in [-0.05, 0) is 47.0 Å². The minimum Gasteiger partial charge on any atom is -0.507 e. The highest BCUT2D eigenvalue weighted by Gasteiger charge is 2.62. The van der Waals surface area contributed by atoms with Crippen LogP contribution in [0.5, 0.6) is 11.5 Å². The Labute approximate surface area is 173 Å². The molecule has 4 atom stereocenters. The number of rotatable bonds is 0. The summed E-state index contributed by atoms with van der Waals surface area (Å²) in [4.78, 5) is 25.6. The highest BCUT2D eigenvalue weighted by atomic mass is 16.7. The molecule has 2 fully saturated rings. The van der Waals surface area contributed by atoms with Gasteiger partial charge in [0.05, 0.1) is 6.10 Å². The molecule has 0 bridgehead atoms. The van der Waals surface area contributed by atoms with E-state index >= 15 is 0 Å². The predicted molar refractivity (Wildman–Crippen MR) is 108 cm³/mol. The Morgan fingerprint density at radius 2 is 1.90 bits per heavy atom. The Morgan fingerprint density at radius 3 is 2.60 bits per heavy atom. The molecule has 1 aromatic carbocycles. The van der Waals surface area contributed by atoms with E-state index in [9.17, 15) is 14.7 Å². The molecule has 0 amide bonds. The molecule has 1 spiro atoms. The molecule has 1 aromatic heterocycles. The van der Waals surface area contributed by atoms with Crippen molar-refractivity contribution in [1.82, 2.24) is 0 Å². The Hall–Kier alpha value is -2.54. The van der Waals surface area contributed by atoms with Gasteiger partial charge in [0.1, 0.15) is 39.9 Å². The first-order valence-electron chi connectivity index (χ1n) is 10.5. The Bertz CT molecular complexity index is 1110. The van der Waals surface area contributed by atoms with Gasteiger partial charge in [0.2, 0.25) is 0 Å². The average molecular weight is 414 g/mol. The van der Waals surface area contributed by atoms with E-state index in [1.807, 2.05) is 20.8 Å². The van der Waals surface area contributed by atoms with Crippen molar-refractivity contribution in [3.63, 3.8) is 0 Å². The summed E-state index contributed by atoms with van der Waals surface area (Å²) in [6.07, 6.45) is 2.18. The van der Waals surface area contributed by atoms with E-state index in [2.05, 4.69) is 0 Å². The first-order valence-corrected chi connectivity index (χ1v) is 10.5. The molecule has 2 aromatic rings. The lowest BCUT2D eigenvalue weighted by atomic mass is 9.77. The van der Waals surface area contributed by atoms with E-state index in [1.165, 1.54) is 6.07 Å². The second kappa shape index (κ2) is 6.23. The van der Waals surface area contributed by atoms with Crippen molar-refractivity contribution in [3.8, 4) is 11.5 Å². The van der Waals surface area contributed by atoms with Crippen LogP contribution in [0.4, 0.5) is 0 Å². The molecule has 30 heavy (non-hydrogen) atoms. The van der Waals surface area contributed by atoms with Crippen molar-refractivity contribution in [3.05, 3.63) is 33.7 Å². The lowest BCUT2D eigenvalue weighted by Gasteiger charge is -2.44. The fourth-order valence-corrected chi connectivity index (χ4v) is 5.18. The van der Waals surface area contributed by atoms with Crippen LogP contribution in [0.1, 0.15) is 63.7 Å². The summed E-state index contributed by atoms with van der Waals surface area (Å²) in [5, 5.41) is 11.3. The Morgan fingerprint density at radius 1 is 1.17 bits per heavy atom. The largest absolute Gasteiger partial charge is 0.507 e. The summed E-state index contributed by atoms with van der Waals surface area (Å²) >= 11 is 0. The molecule has 3 aliphatic rings. The molecule has 160 valence electrons. The molecule has 7 nitrogen and oxygen atoms in total. The summed E-state index contributed by atoms with van der Waals surface area (Å²) < 4.78 is 23.6. The normalized spacial score (nSPS) is 32.3. The summed E-state index contributed by atoms with van der Waals surface area (Å²) in [6, 6.07) is 3.02. The van der Waals surface area contributed by atoms with Gasteiger partial charge in [0.15, 0.2) is 11.0 Å². The maximum Gasteiger partial charge on any atom is 0.341 e. The molecule has 4 heterocycles. The van der Waals surface area contributed by atoms with Crippen LogP contribution in [0, 0.1) is 6.92 Å². The fourth-order valence-electron chi connectivity index (χ4n) is 5.18. The van der Waals surface area contributed by atoms with Crippen LogP contribution in [0.2, 0.25) is 0 Å². The van der Waals surface area contributed by atoms with Gasteiger partial charge in [-0.15, -0.1) is 0 Å². The maximum atomic E-state index is 13.0. The van der Waals surface area contributed by atoms with Crippen LogP contribution in [-0.4, -0.2) is 34.5 Å². The quantitative estimate of drug-likeness (QED) is 0.518. The van der Waals surface area contributed by atoms with E-state index in [0.717, 1.165) is 12.8 Å². The molecule has 0 saturated carbocycles. The number of phenols is 1. The highest BCUT2D eigenvalue weighted by Crippen LogP contribution is 2.53. The molecule has 4 unspecified atom stereocenters. The number of carbonyl (C=O) groups is 1. The molecule has 3 aliphatic heterocycles. The van der Waals surface area contributed by atoms with Gasteiger partial charge in [-0.25, -0.2) is 4.79 Å². The zero-order valence-electron chi connectivity index (χ0n) is 17.6. The number of hydrogen-bond acceptors (Lipinski definition) is 7. The molecule has 5 rings (SSSR count). The lowest BCUT2D eigenvalue weighted by molar-refractivity contribution is -0.170. The molecular weight excluding hydrogens is 388 g/mol. The van der Waals surface area contributed by atoms with Crippen LogP contribution >= 0.6 is 0 Å². The number of hydrogen-bond donors (Lipinski definition) is 1. The minimum absolute atomic E-state index is 0.128. The summed E-state index contributed by atoms with van der Waals surface area (Å²) in [6.45, 7) is 7.31. The van der Waals surface area contributed by atoms with E-state index < -0.39 is 17.3 Å². The minimum atomic E-state index is -0.866. The number of phenolic OH excluding ortho intramolecular Hbond substituents is 1. The third kappa shape index (κ3) is 2.68. The van der Waals surface area contributed by atoms with Crippen LogP contribution < -0.4 is 10.2 Å². The fraction of sp³-hybridized carbons (Fsp3) is 0.565. The van der Waals surface area contributed by atoms with Crippen LogP contribution in [0.15, 0.2) is 21.3 Å². The number of epoxide rings is 1. The molecule has 2 saturated heterocycles. The van der Waals surface area contributed by atoms with Crippen LogP contribution in [-0.2, 0) is 14.3 Å². The molecule has 0 radical (unpaired) electrons. The van der Waals surface area contributed by atoms with Crippen LogP contribution in [0.25, 0.3) is 11.0 Å². The van der Waals surface area contributed by atoms with Gasteiger partial charge in [0, 0.05) is 23.6 Å². The van der Waals surface area contributed by atoms with Crippen molar-refractivity contribution < 1.29 is 28.5 Å². The summed E-state index contributed by atoms with van der Waals surface area (Å²) in [5.74, 6) is 0.0910. The molecule has 1 N–H and O–H groups in total. The second-order valence-corrected chi connectivity index (χ2v) is 9.26. The Balaban J connectivity index is 1.68. The smallest absolute Gasteiger partial charge is 0.341 e. The predicted octanol–water partition coefficient (Wildman–Crippen LogP) is 3.70. The van der Waals surface area contributed by atoms with Crippen molar-refractivity contribution >= 4 is 16.9 Å². The number of aromatic hydroxyl groups is 1. The summed E-state index contributed by atoms with van der Waals surface area (Å²) in [7, 11) is 0. The lowest BCUT2D eigenvalue weighted by Crippen LogP contribution is -2.52. The van der Waals surface area contributed by atoms with Gasteiger partial charge in [-0.1, -0.05) is 6.42 Å².